The van der Waals surface area contributed by atoms with Crippen molar-refractivity contribution < 1.29 is 18.3 Å². The summed E-state index contributed by atoms with van der Waals surface area (Å²) in [6.45, 7) is -1.04. The van der Waals surface area contributed by atoms with Crippen LogP contribution >= 0.6 is 27.5 Å². The van der Waals surface area contributed by atoms with Crippen molar-refractivity contribution in [3.63, 3.8) is 0 Å². The molecular formula is C13H16BrClF2N2O2. The van der Waals surface area contributed by atoms with Crippen molar-refractivity contribution in [2.24, 2.45) is 5.73 Å². The zero-order valence-corrected chi connectivity index (χ0v) is 13.7. The smallest absolute Gasteiger partial charge is 0.387 e. The maximum atomic E-state index is 12.4. The van der Waals surface area contributed by atoms with Gasteiger partial charge in [0.1, 0.15) is 0 Å². The molecule has 0 heterocycles. The fourth-order valence-corrected chi connectivity index (χ4v) is 2.55. The summed E-state index contributed by atoms with van der Waals surface area (Å²) >= 11 is 8.92. The van der Waals surface area contributed by atoms with E-state index >= 15 is 0 Å². The first-order valence-electron chi connectivity index (χ1n) is 6.35. The Hall–Kier alpha value is -0.920. The molecule has 1 rings (SSSR count). The van der Waals surface area contributed by atoms with E-state index in [1.54, 1.807) is 0 Å². The second-order valence-corrected chi connectivity index (χ2v) is 5.67. The number of halogens is 4. The first kappa shape index (κ1) is 18.1. The molecular weight excluding hydrogens is 370 g/mol. The number of benzene rings is 1. The van der Waals surface area contributed by atoms with Gasteiger partial charge < -0.3 is 15.8 Å². The maximum Gasteiger partial charge on any atom is 0.387 e. The number of alkyl halides is 2. The average Bonchev–Trinajstić information content (AvgIpc) is 2.39. The zero-order chi connectivity index (χ0) is 16.0. The molecule has 1 aromatic carbocycles. The molecule has 0 aliphatic carbocycles. The van der Waals surface area contributed by atoms with Crippen molar-refractivity contribution in [3.8, 4) is 5.75 Å². The molecule has 1 unspecified atom stereocenters. The highest BCUT2D eigenvalue weighted by Gasteiger charge is 2.19. The normalized spacial score (nSPS) is 12.3. The fraction of sp³-hybridized carbons (Fsp3) is 0.462. The zero-order valence-electron chi connectivity index (χ0n) is 11.3. The summed E-state index contributed by atoms with van der Waals surface area (Å²) in [6, 6.07) is 2.00. The lowest BCUT2D eigenvalue weighted by molar-refractivity contribution is -0.117. The first-order chi connectivity index (χ1) is 9.85. The van der Waals surface area contributed by atoms with Gasteiger partial charge in [0.05, 0.1) is 16.2 Å². The Labute approximate surface area is 135 Å². The van der Waals surface area contributed by atoms with E-state index in [1.165, 1.54) is 12.1 Å². The maximum absolute atomic E-state index is 12.4. The van der Waals surface area contributed by atoms with Gasteiger partial charge in [-0.2, -0.15) is 8.78 Å². The number of nitrogens with one attached hydrogen (secondary N) is 1. The van der Waals surface area contributed by atoms with Gasteiger partial charge in [0, 0.05) is 5.02 Å². The van der Waals surface area contributed by atoms with Gasteiger partial charge in [0.15, 0.2) is 5.75 Å². The Bertz CT molecular complexity index is 503. The summed E-state index contributed by atoms with van der Waals surface area (Å²) in [4.78, 5) is 11.9. The topological polar surface area (TPSA) is 64.4 Å². The highest BCUT2D eigenvalue weighted by molar-refractivity contribution is 9.10. The number of hydrogen-bond donors (Lipinski definition) is 2. The van der Waals surface area contributed by atoms with Crippen LogP contribution in [0.4, 0.5) is 14.5 Å². The molecule has 1 atom stereocenters. The quantitative estimate of drug-likeness (QED) is 0.741. The van der Waals surface area contributed by atoms with E-state index in [4.69, 9.17) is 17.3 Å². The van der Waals surface area contributed by atoms with Gasteiger partial charge >= 0.3 is 6.61 Å². The molecule has 0 saturated carbocycles. The lowest BCUT2D eigenvalue weighted by atomic mass is 10.1. The van der Waals surface area contributed by atoms with Crippen LogP contribution in [0.25, 0.3) is 0 Å². The van der Waals surface area contributed by atoms with Crippen LogP contribution in [0, 0.1) is 0 Å². The third kappa shape index (κ3) is 5.76. The molecule has 118 valence electrons. The van der Waals surface area contributed by atoms with Crippen LogP contribution in [-0.4, -0.2) is 18.6 Å². The minimum atomic E-state index is -3.02. The number of nitrogens with two attached hydrogens (primary N) is 1. The number of rotatable bonds is 7. The molecule has 0 aromatic heterocycles. The highest BCUT2D eigenvalue weighted by atomic mass is 79.9. The molecule has 0 saturated heterocycles. The molecule has 0 aliphatic rings. The predicted molar refractivity (Wildman–Crippen MR) is 81.9 cm³/mol. The predicted octanol–water partition coefficient (Wildman–Crippen LogP) is 4.16. The molecule has 8 heteroatoms. The Balaban J connectivity index is 2.93. The number of unbranched alkanes of at least 4 members (excludes halogenated alkanes) is 1. The number of ether oxygens (including phenoxy) is 1. The van der Waals surface area contributed by atoms with E-state index in [0.717, 1.165) is 12.8 Å². The number of hydrogen-bond acceptors (Lipinski definition) is 3. The minimum Gasteiger partial charge on any atom is -0.431 e. The Kier molecular flexibility index (Phi) is 7.34. The molecule has 0 bridgehead atoms. The summed E-state index contributed by atoms with van der Waals surface area (Å²) in [6.07, 6.45) is 2.22. The van der Waals surface area contributed by atoms with Gasteiger partial charge in [0.2, 0.25) is 5.91 Å². The fourth-order valence-electron chi connectivity index (χ4n) is 1.64. The molecule has 1 amide bonds. The summed E-state index contributed by atoms with van der Waals surface area (Å²) < 4.78 is 29.5. The van der Waals surface area contributed by atoms with Crippen molar-refractivity contribution in [3.05, 3.63) is 21.6 Å². The average molecular weight is 386 g/mol. The third-order valence-corrected chi connectivity index (χ3v) is 3.49. The van der Waals surface area contributed by atoms with Crippen LogP contribution in [0.15, 0.2) is 16.6 Å². The Morgan fingerprint density at radius 3 is 2.76 bits per heavy atom. The van der Waals surface area contributed by atoms with Crippen LogP contribution in [-0.2, 0) is 4.79 Å². The van der Waals surface area contributed by atoms with E-state index in [2.05, 4.69) is 26.0 Å². The summed E-state index contributed by atoms with van der Waals surface area (Å²) in [5.41, 5.74) is 5.78. The molecule has 0 aliphatic heterocycles. The molecule has 0 radical (unpaired) electrons. The second kappa shape index (κ2) is 8.51. The van der Waals surface area contributed by atoms with E-state index in [9.17, 15) is 13.6 Å². The van der Waals surface area contributed by atoms with Crippen LogP contribution < -0.4 is 15.8 Å². The summed E-state index contributed by atoms with van der Waals surface area (Å²) in [5, 5.41) is 2.73. The standard InChI is InChI=1S/C13H16BrClF2N2O2/c1-2-3-4-9(18)12(20)19-10-6-7(15)5-8(14)11(10)21-13(16)17/h5-6,9,13H,2-4,18H2,1H3,(H,19,20). The number of carbonyl (C=O) groups is 1. The monoisotopic (exact) mass is 384 g/mol. The second-order valence-electron chi connectivity index (χ2n) is 4.38. The van der Waals surface area contributed by atoms with Crippen molar-refractivity contribution in [2.45, 2.75) is 38.8 Å². The molecule has 1 aromatic rings. The van der Waals surface area contributed by atoms with Crippen molar-refractivity contribution in [1.82, 2.24) is 0 Å². The van der Waals surface area contributed by atoms with E-state index in [1.807, 2.05) is 6.92 Å². The van der Waals surface area contributed by atoms with Gasteiger partial charge in [-0.25, -0.2) is 0 Å². The number of amides is 1. The summed E-state index contributed by atoms with van der Waals surface area (Å²) in [5.74, 6) is -0.665. The van der Waals surface area contributed by atoms with E-state index < -0.39 is 18.6 Å². The molecule has 4 nitrogen and oxygen atoms in total. The highest BCUT2D eigenvalue weighted by Crippen LogP contribution is 2.37. The summed E-state index contributed by atoms with van der Waals surface area (Å²) in [7, 11) is 0. The van der Waals surface area contributed by atoms with Crippen molar-refractivity contribution in [1.29, 1.82) is 0 Å². The van der Waals surface area contributed by atoms with Crippen LogP contribution in [0.2, 0.25) is 5.02 Å². The SMILES string of the molecule is CCCCC(N)C(=O)Nc1cc(Cl)cc(Br)c1OC(F)F. The van der Waals surface area contributed by atoms with Gasteiger partial charge in [-0.3, -0.25) is 4.79 Å². The molecule has 21 heavy (non-hydrogen) atoms. The Morgan fingerprint density at radius 1 is 1.52 bits per heavy atom. The largest absolute Gasteiger partial charge is 0.431 e. The number of carbonyl (C=O) groups excluding carboxylic acids is 1. The first-order valence-corrected chi connectivity index (χ1v) is 7.52. The number of anilines is 1. The minimum absolute atomic E-state index is 0.0478. The van der Waals surface area contributed by atoms with Crippen LogP contribution in [0.1, 0.15) is 26.2 Å². The van der Waals surface area contributed by atoms with E-state index in [0.29, 0.717) is 6.42 Å². The van der Waals surface area contributed by atoms with Crippen LogP contribution in [0.5, 0.6) is 5.75 Å². The van der Waals surface area contributed by atoms with Gasteiger partial charge in [-0.1, -0.05) is 31.4 Å². The lowest BCUT2D eigenvalue weighted by Gasteiger charge is -2.16. The van der Waals surface area contributed by atoms with Gasteiger partial charge in [0.25, 0.3) is 0 Å². The lowest BCUT2D eigenvalue weighted by Crippen LogP contribution is -2.35. The molecule has 3 N–H and O–H groups in total. The van der Waals surface area contributed by atoms with Gasteiger partial charge in [-0.15, -0.1) is 0 Å². The molecule has 0 fully saturated rings. The van der Waals surface area contributed by atoms with Crippen molar-refractivity contribution in [2.75, 3.05) is 5.32 Å². The third-order valence-electron chi connectivity index (χ3n) is 2.68. The van der Waals surface area contributed by atoms with Gasteiger partial charge in [-0.05, 0) is 34.5 Å². The van der Waals surface area contributed by atoms with Crippen molar-refractivity contribution >= 4 is 39.1 Å². The van der Waals surface area contributed by atoms with E-state index in [-0.39, 0.29) is 20.9 Å². The van der Waals surface area contributed by atoms with Crippen LogP contribution in [0.3, 0.4) is 0 Å². The molecule has 0 spiro atoms. The Morgan fingerprint density at radius 2 is 2.19 bits per heavy atom.